The van der Waals surface area contributed by atoms with Crippen molar-refractivity contribution in [3.05, 3.63) is 33.7 Å². The molecule has 0 bridgehead atoms. The molecule has 0 aromatic carbocycles. The molecule has 0 aliphatic rings. The van der Waals surface area contributed by atoms with Crippen LogP contribution in [0.15, 0.2) is 31.1 Å². The van der Waals surface area contributed by atoms with Gasteiger partial charge in [0.2, 0.25) is 0 Å². The van der Waals surface area contributed by atoms with Crippen molar-refractivity contribution in [3.63, 3.8) is 0 Å². The molecule has 3 aromatic rings. The number of aromatic nitrogens is 4. The highest BCUT2D eigenvalue weighted by Crippen LogP contribution is 2.31. The third kappa shape index (κ3) is 3.89. The minimum absolute atomic E-state index is 0.0349. The first-order chi connectivity index (χ1) is 10.6. The summed E-state index contributed by atoms with van der Waals surface area (Å²) in [6.45, 7) is 4.38. The van der Waals surface area contributed by atoms with Gasteiger partial charge in [0.25, 0.3) is 5.56 Å². The molecule has 0 N–H and O–H groups in total. The van der Waals surface area contributed by atoms with Crippen LogP contribution in [0.4, 0.5) is 0 Å². The van der Waals surface area contributed by atoms with Crippen LogP contribution in [0.5, 0.6) is 0 Å². The summed E-state index contributed by atoms with van der Waals surface area (Å²) in [7, 11) is 0. The van der Waals surface area contributed by atoms with Crippen LogP contribution in [0.2, 0.25) is 0 Å². The molecule has 0 unspecified atom stereocenters. The number of nitrogens with zero attached hydrogens (tertiary/aromatic N) is 4. The molecule has 22 heavy (non-hydrogen) atoms. The average molecular weight is 371 g/mol. The third-order valence-corrected chi connectivity index (χ3v) is 7.03. The lowest BCUT2D eigenvalue weighted by atomic mass is 10.3. The molecule has 0 radical (unpaired) electrons. The summed E-state index contributed by atoms with van der Waals surface area (Å²) >= 11 is 6.38. The summed E-state index contributed by atoms with van der Waals surface area (Å²) in [5.74, 6) is 2.32. The van der Waals surface area contributed by atoms with Gasteiger partial charge < -0.3 is 0 Å². The Morgan fingerprint density at radius 1 is 1.27 bits per heavy atom. The van der Waals surface area contributed by atoms with Crippen LogP contribution in [-0.4, -0.2) is 25.3 Å². The Kier molecular flexibility index (Phi) is 5.17. The van der Waals surface area contributed by atoms with Crippen LogP contribution in [0, 0.1) is 5.92 Å². The van der Waals surface area contributed by atoms with Gasteiger partial charge in [-0.2, -0.15) is 0 Å². The molecule has 0 amide bonds. The maximum atomic E-state index is 11.9. The van der Waals surface area contributed by atoms with Crippen LogP contribution in [0.1, 0.15) is 19.5 Å². The van der Waals surface area contributed by atoms with Gasteiger partial charge in [-0.15, -0.1) is 21.5 Å². The molecule has 0 saturated carbocycles. The molecular formula is C13H14N4OS4. The van der Waals surface area contributed by atoms with Gasteiger partial charge in [-0.05, 0) is 5.92 Å². The maximum Gasteiger partial charge on any atom is 0.258 e. The molecule has 0 saturated heterocycles. The van der Waals surface area contributed by atoms with E-state index in [1.165, 1.54) is 11.3 Å². The van der Waals surface area contributed by atoms with E-state index in [1.54, 1.807) is 51.5 Å². The van der Waals surface area contributed by atoms with Gasteiger partial charge in [-0.1, -0.05) is 48.7 Å². The maximum absolute atomic E-state index is 11.9. The van der Waals surface area contributed by atoms with E-state index in [1.807, 2.05) is 5.38 Å². The minimum atomic E-state index is -0.0349. The van der Waals surface area contributed by atoms with Crippen molar-refractivity contribution in [1.29, 1.82) is 0 Å². The molecule has 9 heteroatoms. The van der Waals surface area contributed by atoms with Crippen molar-refractivity contribution in [1.82, 2.24) is 19.6 Å². The smallest absolute Gasteiger partial charge is 0.258 e. The first-order valence-corrected chi connectivity index (χ1v) is 10.3. The van der Waals surface area contributed by atoms with Crippen LogP contribution >= 0.6 is 46.2 Å². The van der Waals surface area contributed by atoms with E-state index in [-0.39, 0.29) is 5.56 Å². The third-order valence-electron chi connectivity index (χ3n) is 2.63. The van der Waals surface area contributed by atoms with Gasteiger partial charge in [0, 0.05) is 29.1 Å². The monoisotopic (exact) mass is 370 g/mol. The zero-order valence-corrected chi connectivity index (χ0v) is 15.3. The fraction of sp³-hybridized carbons (Fsp3) is 0.385. The number of hydrogen-bond acceptors (Lipinski definition) is 8. The van der Waals surface area contributed by atoms with Gasteiger partial charge in [0.1, 0.15) is 0 Å². The Hall–Kier alpha value is -0.900. The topological polar surface area (TPSA) is 60.2 Å². The van der Waals surface area contributed by atoms with E-state index >= 15 is 0 Å². The molecule has 0 fully saturated rings. The highest BCUT2D eigenvalue weighted by Gasteiger charge is 2.09. The fourth-order valence-corrected chi connectivity index (χ4v) is 5.28. The van der Waals surface area contributed by atoms with Crippen LogP contribution in [0.3, 0.4) is 0 Å². The van der Waals surface area contributed by atoms with Crippen LogP contribution in [0.25, 0.3) is 4.96 Å². The molecule has 116 valence electrons. The summed E-state index contributed by atoms with van der Waals surface area (Å²) in [4.78, 5) is 17.1. The van der Waals surface area contributed by atoms with Crippen LogP contribution < -0.4 is 5.56 Å². The number of hydrogen-bond donors (Lipinski definition) is 0. The largest absolute Gasteiger partial charge is 0.269 e. The minimum Gasteiger partial charge on any atom is -0.269 e. The average Bonchev–Trinajstić information content (AvgIpc) is 3.12. The van der Waals surface area contributed by atoms with Gasteiger partial charge >= 0.3 is 0 Å². The zero-order chi connectivity index (χ0) is 15.5. The van der Waals surface area contributed by atoms with Gasteiger partial charge in [-0.25, -0.2) is 4.98 Å². The highest BCUT2D eigenvalue weighted by atomic mass is 32.2. The second-order valence-electron chi connectivity index (χ2n) is 4.97. The van der Waals surface area contributed by atoms with Crippen LogP contribution in [-0.2, 0) is 5.75 Å². The number of thiazole rings is 1. The Morgan fingerprint density at radius 2 is 2.05 bits per heavy atom. The lowest BCUT2D eigenvalue weighted by Gasteiger charge is -1.99. The van der Waals surface area contributed by atoms with E-state index in [4.69, 9.17) is 0 Å². The summed E-state index contributed by atoms with van der Waals surface area (Å²) in [6.07, 6.45) is 1.75. The predicted molar refractivity (Wildman–Crippen MR) is 94.4 cm³/mol. The molecule has 0 spiro atoms. The quantitative estimate of drug-likeness (QED) is 0.617. The fourth-order valence-electron chi connectivity index (χ4n) is 1.65. The van der Waals surface area contributed by atoms with Gasteiger partial charge in [-0.3, -0.25) is 9.20 Å². The number of fused-ring (bicyclic) bond motifs is 1. The lowest BCUT2D eigenvalue weighted by molar-refractivity contribution is 0.749. The predicted octanol–water partition coefficient (Wildman–Crippen LogP) is 3.65. The van der Waals surface area contributed by atoms with Gasteiger partial charge in [0.15, 0.2) is 13.6 Å². The lowest BCUT2D eigenvalue weighted by Crippen LogP contribution is -2.12. The van der Waals surface area contributed by atoms with Crippen molar-refractivity contribution in [2.75, 3.05) is 5.75 Å². The van der Waals surface area contributed by atoms with Crippen molar-refractivity contribution < 1.29 is 0 Å². The second-order valence-corrected chi connectivity index (χ2v) is 9.31. The Bertz CT molecular complexity index is 823. The van der Waals surface area contributed by atoms with E-state index < -0.39 is 0 Å². The standard InChI is InChI=1S/C13H14N4OS4/c1-8(2)6-20-12-15-16-13(22-12)21-7-9-5-10(18)17-3-4-19-11(17)14-9/h3-5,8H,6-7H2,1-2H3. The molecule has 3 aromatic heterocycles. The summed E-state index contributed by atoms with van der Waals surface area (Å²) < 4.78 is 3.47. The number of rotatable bonds is 6. The Morgan fingerprint density at radius 3 is 2.82 bits per heavy atom. The Balaban J connectivity index is 1.65. The van der Waals surface area contributed by atoms with E-state index in [2.05, 4.69) is 29.0 Å². The summed E-state index contributed by atoms with van der Waals surface area (Å²) in [5.41, 5.74) is 0.747. The number of thioether (sulfide) groups is 2. The molecule has 3 heterocycles. The van der Waals surface area contributed by atoms with E-state index in [9.17, 15) is 4.79 Å². The Labute approximate surface area is 144 Å². The molecule has 0 aliphatic heterocycles. The van der Waals surface area contributed by atoms with Crippen molar-refractivity contribution in [3.8, 4) is 0 Å². The zero-order valence-electron chi connectivity index (χ0n) is 12.1. The first-order valence-electron chi connectivity index (χ1n) is 6.66. The molecule has 0 aliphatic carbocycles. The second kappa shape index (κ2) is 7.12. The summed E-state index contributed by atoms with van der Waals surface area (Å²) in [6, 6.07) is 1.59. The van der Waals surface area contributed by atoms with Crippen molar-refractivity contribution in [2.45, 2.75) is 28.3 Å². The SMILES string of the molecule is CC(C)CSc1nnc(SCc2cc(=O)n3ccsc3n2)s1. The molecule has 5 nitrogen and oxygen atoms in total. The molecule has 0 atom stereocenters. The van der Waals surface area contributed by atoms with E-state index in [0.717, 1.165) is 25.1 Å². The van der Waals surface area contributed by atoms with Crippen molar-refractivity contribution in [2.24, 2.45) is 5.92 Å². The summed E-state index contributed by atoms with van der Waals surface area (Å²) in [5, 5.41) is 10.2. The van der Waals surface area contributed by atoms with Crippen molar-refractivity contribution >= 4 is 51.2 Å². The van der Waals surface area contributed by atoms with Gasteiger partial charge in [0.05, 0.1) is 5.69 Å². The first kappa shape index (κ1) is 16.0. The molecular weight excluding hydrogens is 356 g/mol. The normalized spacial score (nSPS) is 11.6. The molecule has 3 rings (SSSR count). The van der Waals surface area contributed by atoms with E-state index in [0.29, 0.717) is 11.7 Å². The highest BCUT2D eigenvalue weighted by molar-refractivity contribution is 8.02.